The number of fused-ring (bicyclic) bond motifs is 1. The van der Waals surface area contributed by atoms with Crippen LogP contribution in [0.15, 0.2) is 42.5 Å². The summed E-state index contributed by atoms with van der Waals surface area (Å²) >= 11 is 5.96. The Labute approximate surface area is 134 Å². The average molecular weight is 305 g/mol. The summed E-state index contributed by atoms with van der Waals surface area (Å²) in [6.45, 7) is 2.28. The molecule has 3 heteroatoms. The van der Waals surface area contributed by atoms with E-state index in [2.05, 4.69) is 17.8 Å². The third kappa shape index (κ3) is 2.58. The van der Waals surface area contributed by atoms with Gasteiger partial charge < -0.3 is 4.57 Å². The van der Waals surface area contributed by atoms with Crippen molar-refractivity contribution < 1.29 is 0 Å². The SMILES string of the molecule is C#CCn1c(-c2ccc(Cl)cc2)nc2ccc(C#CC)cc21. The first-order valence-electron chi connectivity index (χ1n) is 6.85. The standard InChI is InChI=1S/C19H13ClN2/c1-3-5-14-6-11-17-18(13-14)22(12-4-2)19(21-17)15-7-9-16(20)10-8-15/h2,6-11,13H,12H2,1H3. The van der Waals surface area contributed by atoms with Gasteiger partial charge in [-0.05, 0) is 49.4 Å². The molecule has 2 aromatic carbocycles. The van der Waals surface area contributed by atoms with E-state index in [1.807, 2.05) is 54.0 Å². The van der Waals surface area contributed by atoms with Gasteiger partial charge >= 0.3 is 0 Å². The zero-order valence-corrected chi connectivity index (χ0v) is 12.9. The van der Waals surface area contributed by atoms with Crippen molar-refractivity contribution in [1.82, 2.24) is 9.55 Å². The predicted molar refractivity (Wildman–Crippen MR) is 91.6 cm³/mol. The number of benzene rings is 2. The molecule has 0 N–H and O–H groups in total. The molecule has 0 aliphatic rings. The van der Waals surface area contributed by atoms with E-state index in [9.17, 15) is 0 Å². The second-order valence-corrected chi connectivity index (χ2v) is 5.25. The summed E-state index contributed by atoms with van der Waals surface area (Å²) < 4.78 is 2.03. The molecule has 0 spiro atoms. The van der Waals surface area contributed by atoms with Crippen LogP contribution in [0.2, 0.25) is 5.02 Å². The molecule has 0 saturated carbocycles. The topological polar surface area (TPSA) is 17.8 Å². The second kappa shape index (κ2) is 5.98. The van der Waals surface area contributed by atoms with E-state index in [4.69, 9.17) is 23.0 Å². The quantitative estimate of drug-likeness (QED) is 0.643. The van der Waals surface area contributed by atoms with Crippen molar-refractivity contribution in [2.75, 3.05) is 0 Å². The molecule has 0 atom stereocenters. The normalized spacial score (nSPS) is 10.0. The van der Waals surface area contributed by atoms with Crippen molar-refractivity contribution in [2.45, 2.75) is 13.5 Å². The molecule has 0 amide bonds. The van der Waals surface area contributed by atoms with E-state index in [1.165, 1.54) is 0 Å². The van der Waals surface area contributed by atoms with E-state index in [0.717, 1.165) is 28.0 Å². The Morgan fingerprint density at radius 3 is 2.64 bits per heavy atom. The molecule has 0 aliphatic heterocycles. The molecule has 3 rings (SSSR count). The highest BCUT2D eigenvalue weighted by molar-refractivity contribution is 6.30. The van der Waals surface area contributed by atoms with Gasteiger partial charge in [0, 0.05) is 16.1 Å². The third-order valence-corrected chi connectivity index (χ3v) is 3.62. The first-order valence-corrected chi connectivity index (χ1v) is 7.23. The van der Waals surface area contributed by atoms with E-state index in [1.54, 1.807) is 0 Å². The molecule has 106 valence electrons. The molecule has 2 nitrogen and oxygen atoms in total. The molecule has 1 heterocycles. The molecule has 0 bridgehead atoms. The van der Waals surface area contributed by atoms with Gasteiger partial charge in [-0.2, -0.15) is 0 Å². The second-order valence-electron chi connectivity index (χ2n) is 4.81. The fraction of sp³-hybridized carbons (Fsp3) is 0.105. The van der Waals surface area contributed by atoms with Crippen LogP contribution < -0.4 is 0 Å². The van der Waals surface area contributed by atoms with Crippen LogP contribution >= 0.6 is 11.6 Å². The van der Waals surface area contributed by atoms with Crippen LogP contribution in [0.1, 0.15) is 12.5 Å². The molecule has 0 unspecified atom stereocenters. The number of terminal acetylenes is 1. The Morgan fingerprint density at radius 2 is 1.95 bits per heavy atom. The molecule has 0 fully saturated rings. The van der Waals surface area contributed by atoms with Crippen molar-refractivity contribution in [3.8, 4) is 35.6 Å². The zero-order chi connectivity index (χ0) is 15.5. The summed E-state index contributed by atoms with van der Waals surface area (Å²) in [5.41, 5.74) is 3.83. The Balaban J connectivity index is 2.25. The van der Waals surface area contributed by atoms with E-state index >= 15 is 0 Å². The smallest absolute Gasteiger partial charge is 0.141 e. The zero-order valence-electron chi connectivity index (χ0n) is 12.1. The van der Waals surface area contributed by atoms with Crippen molar-refractivity contribution >= 4 is 22.6 Å². The number of aromatic nitrogens is 2. The van der Waals surface area contributed by atoms with Gasteiger partial charge in [0.15, 0.2) is 0 Å². The van der Waals surface area contributed by atoms with Gasteiger partial charge in [-0.1, -0.05) is 23.4 Å². The van der Waals surface area contributed by atoms with Crippen LogP contribution in [0.3, 0.4) is 0 Å². The molecule has 1 aromatic heterocycles. The highest BCUT2D eigenvalue weighted by atomic mass is 35.5. The fourth-order valence-electron chi connectivity index (χ4n) is 2.42. The van der Waals surface area contributed by atoms with Gasteiger partial charge in [0.25, 0.3) is 0 Å². The summed E-state index contributed by atoms with van der Waals surface area (Å²) in [5, 5.41) is 0.698. The molecule has 0 aliphatic carbocycles. The maximum Gasteiger partial charge on any atom is 0.141 e. The number of imidazole rings is 1. The van der Waals surface area contributed by atoms with E-state index in [-0.39, 0.29) is 0 Å². The fourth-order valence-corrected chi connectivity index (χ4v) is 2.54. The molecule has 3 aromatic rings. The monoisotopic (exact) mass is 304 g/mol. The number of rotatable bonds is 2. The Kier molecular flexibility index (Phi) is 3.88. The Hall–Kier alpha value is -2.68. The van der Waals surface area contributed by atoms with Crippen molar-refractivity contribution in [3.63, 3.8) is 0 Å². The lowest BCUT2D eigenvalue weighted by molar-refractivity contribution is 0.882. The van der Waals surface area contributed by atoms with Crippen LogP contribution in [-0.2, 0) is 6.54 Å². The molecule has 22 heavy (non-hydrogen) atoms. The highest BCUT2D eigenvalue weighted by Crippen LogP contribution is 2.26. The Morgan fingerprint density at radius 1 is 1.18 bits per heavy atom. The minimum absolute atomic E-state index is 0.456. The maximum absolute atomic E-state index is 5.96. The van der Waals surface area contributed by atoms with E-state index in [0.29, 0.717) is 11.6 Å². The van der Waals surface area contributed by atoms with Crippen LogP contribution in [-0.4, -0.2) is 9.55 Å². The first kappa shape index (κ1) is 14.3. The summed E-state index contributed by atoms with van der Waals surface area (Å²) in [4.78, 5) is 4.71. The first-order chi connectivity index (χ1) is 10.7. The Bertz CT molecular complexity index is 932. The van der Waals surface area contributed by atoms with Crippen LogP contribution in [0.5, 0.6) is 0 Å². The summed E-state index contributed by atoms with van der Waals surface area (Å²) in [6, 6.07) is 13.6. The van der Waals surface area contributed by atoms with Gasteiger partial charge in [-0.25, -0.2) is 4.98 Å². The van der Waals surface area contributed by atoms with Gasteiger partial charge in [-0.15, -0.1) is 12.3 Å². The molecular formula is C19H13ClN2. The molecule has 0 saturated heterocycles. The van der Waals surface area contributed by atoms with Crippen molar-refractivity contribution in [3.05, 3.63) is 53.1 Å². The minimum Gasteiger partial charge on any atom is -0.312 e. The lowest BCUT2D eigenvalue weighted by atomic mass is 10.2. The molecule has 0 radical (unpaired) electrons. The van der Waals surface area contributed by atoms with Gasteiger partial charge in [-0.3, -0.25) is 0 Å². The minimum atomic E-state index is 0.456. The largest absolute Gasteiger partial charge is 0.312 e. The molecular weight excluding hydrogens is 292 g/mol. The average Bonchev–Trinajstić information content (AvgIpc) is 2.87. The highest BCUT2D eigenvalue weighted by Gasteiger charge is 2.12. The number of nitrogens with zero attached hydrogens (tertiary/aromatic N) is 2. The summed E-state index contributed by atoms with van der Waals surface area (Å²) in [7, 11) is 0. The van der Waals surface area contributed by atoms with Crippen LogP contribution in [0.4, 0.5) is 0 Å². The lowest BCUT2D eigenvalue weighted by Gasteiger charge is -2.06. The van der Waals surface area contributed by atoms with Crippen molar-refractivity contribution in [1.29, 1.82) is 0 Å². The van der Waals surface area contributed by atoms with Crippen LogP contribution in [0, 0.1) is 24.2 Å². The summed E-state index contributed by atoms with van der Waals surface area (Å²) in [5.74, 6) is 9.51. The predicted octanol–water partition coefficient (Wildman–Crippen LogP) is 4.36. The lowest BCUT2D eigenvalue weighted by Crippen LogP contribution is -1.98. The number of hydrogen-bond acceptors (Lipinski definition) is 1. The number of halogens is 1. The van der Waals surface area contributed by atoms with Gasteiger partial charge in [0.05, 0.1) is 17.6 Å². The van der Waals surface area contributed by atoms with E-state index < -0.39 is 0 Å². The van der Waals surface area contributed by atoms with Gasteiger partial charge in [0.2, 0.25) is 0 Å². The summed E-state index contributed by atoms with van der Waals surface area (Å²) in [6.07, 6.45) is 5.53. The van der Waals surface area contributed by atoms with Crippen LogP contribution in [0.25, 0.3) is 22.4 Å². The maximum atomic E-state index is 5.96. The van der Waals surface area contributed by atoms with Gasteiger partial charge in [0.1, 0.15) is 5.82 Å². The third-order valence-electron chi connectivity index (χ3n) is 3.37. The van der Waals surface area contributed by atoms with Crippen molar-refractivity contribution in [2.24, 2.45) is 0 Å². The number of hydrogen-bond donors (Lipinski definition) is 0.